The van der Waals surface area contributed by atoms with Crippen LogP contribution in [0.15, 0.2) is 45.8 Å². The summed E-state index contributed by atoms with van der Waals surface area (Å²) >= 11 is 9.30. The van der Waals surface area contributed by atoms with Gasteiger partial charge in [-0.25, -0.2) is 17.9 Å². The molecule has 0 bridgehead atoms. The van der Waals surface area contributed by atoms with Crippen molar-refractivity contribution in [3.8, 4) is 5.75 Å². The number of phenolic OH excluding ortho intramolecular Hbond substituents is 1. The Morgan fingerprint density at radius 1 is 1.15 bits per heavy atom. The Bertz CT molecular complexity index is 980. The van der Waals surface area contributed by atoms with Crippen LogP contribution in [0.3, 0.4) is 0 Å². The highest BCUT2D eigenvalue weighted by molar-refractivity contribution is 9.10. The summed E-state index contributed by atoms with van der Waals surface area (Å²) in [4.78, 5) is 11.7. The van der Waals surface area contributed by atoms with Gasteiger partial charge in [0, 0.05) is 11.0 Å². The van der Waals surface area contributed by atoms with E-state index in [9.17, 15) is 18.3 Å². The third kappa shape index (κ3) is 4.92. The molecule has 0 unspecified atom stereocenters. The van der Waals surface area contributed by atoms with E-state index in [-0.39, 0.29) is 17.3 Å². The number of hydrogen-bond acceptors (Lipinski definition) is 4. The van der Waals surface area contributed by atoms with Crippen LogP contribution in [0.4, 0.5) is 16.2 Å². The second kappa shape index (κ2) is 8.05. The van der Waals surface area contributed by atoms with Gasteiger partial charge in [-0.1, -0.05) is 23.7 Å². The summed E-state index contributed by atoms with van der Waals surface area (Å²) in [6.07, 6.45) is 1.94. The van der Waals surface area contributed by atoms with Crippen LogP contribution in [0.2, 0.25) is 5.02 Å². The molecular weight excluding hydrogens is 458 g/mol. The molecule has 0 saturated heterocycles. The number of halogens is 2. The van der Waals surface area contributed by atoms with Crippen LogP contribution in [-0.4, -0.2) is 26.1 Å². The molecule has 27 heavy (non-hydrogen) atoms. The molecule has 1 aliphatic carbocycles. The number of urea groups is 1. The maximum atomic E-state index is 12.5. The first kappa shape index (κ1) is 19.9. The Morgan fingerprint density at radius 2 is 1.81 bits per heavy atom. The molecule has 0 aliphatic heterocycles. The third-order valence-corrected chi connectivity index (χ3v) is 6.60. The number of para-hydroxylation sites is 1. The lowest BCUT2D eigenvalue weighted by Gasteiger charge is -2.14. The molecule has 1 aliphatic rings. The van der Waals surface area contributed by atoms with Gasteiger partial charge in [-0.2, -0.15) is 0 Å². The van der Waals surface area contributed by atoms with Crippen LogP contribution in [0.1, 0.15) is 12.8 Å². The summed E-state index contributed by atoms with van der Waals surface area (Å²) in [6, 6.07) is 8.97. The number of anilines is 2. The van der Waals surface area contributed by atoms with Crippen molar-refractivity contribution in [1.82, 2.24) is 4.72 Å². The SMILES string of the molecule is O=C(Nc1ccccc1Br)Nc1ccc(Cl)c(S(=O)(=O)NCC2CC2)c1O. The second-order valence-corrected chi connectivity index (χ2v) is 9.09. The van der Waals surface area contributed by atoms with Crippen molar-refractivity contribution >= 4 is 55.0 Å². The molecule has 0 spiro atoms. The molecule has 144 valence electrons. The fourth-order valence-electron chi connectivity index (χ4n) is 2.36. The van der Waals surface area contributed by atoms with E-state index in [0.29, 0.717) is 16.1 Å². The van der Waals surface area contributed by atoms with Crippen LogP contribution in [0.25, 0.3) is 0 Å². The average molecular weight is 475 g/mol. The predicted molar refractivity (Wildman–Crippen MR) is 108 cm³/mol. The van der Waals surface area contributed by atoms with E-state index in [1.54, 1.807) is 24.3 Å². The first-order valence-corrected chi connectivity index (χ1v) is 10.8. The third-order valence-electron chi connectivity index (χ3n) is 3.98. The molecule has 0 radical (unpaired) electrons. The number of rotatable bonds is 6. The molecule has 1 fully saturated rings. The first-order chi connectivity index (χ1) is 12.8. The van der Waals surface area contributed by atoms with Gasteiger partial charge in [0.2, 0.25) is 10.0 Å². The van der Waals surface area contributed by atoms with E-state index in [2.05, 4.69) is 31.3 Å². The van der Waals surface area contributed by atoms with E-state index in [1.807, 2.05) is 0 Å². The lowest BCUT2D eigenvalue weighted by Crippen LogP contribution is -2.26. The molecule has 0 atom stereocenters. The summed E-state index contributed by atoms with van der Waals surface area (Å²) < 4.78 is 28.1. The lowest BCUT2D eigenvalue weighted by molar-refractivity contribution is 0.262. The van der Waals surface area contributed by atoms with E-state index in [0.717, 1.165) is 12.8 Å². The second-order valence-electron chi connectivity index (χ2n) is 6.13. The molecule has 4 N–H and O–H groups in total. The number of phenols is 1. The van der Waals surface area contributed by atoms with Crippen molar-refractivity contribution in [2.45, 2.75) is 17.7 Å². The normalized spacial score (nSPS) is 14.0. The molecule has 2 aromatic carbocycles. The fraction of sp³-hybridized carbons (Fsp3) is 0.235. The summed E-state index contributed by atoms with van der Waals surface area (Å²) in [6.45, 7) is 0.290. The van der Waals surface area contributed by atoms with Gasteiger partial charge < -0.3 is 15.7 Å². The zero-order valence-corrected chi connectivity index (χ0v) is 17.2. The number of carbonyl (C=O) groups is 1. The van der Waals surface area contributed by atoms with Crippen molar-refractivity contribution < 1.29 is 18.3 Å². The Labute approximate surface area is 170 Å². The van der Waals surface area contributed by atoms with E-state index >= 15 is 0 Å². The van der Waals surface area contributed by atoms with Gasteiger partial charge in [-0.3, -0.25) is 0 Å². The first-order valence-electron chi connectivity index (χ1n) is 8.11. The average Bonchev–Trinajstić information content (AvgIpc) is 3.42. The van der Waals surface area contributed by atoms with Crippen LogP contribution in [0.5, 0.6) is 5.75 Å². The predicted octanol–water partition coefficient (Wildman–Crippen LogP) is 4.14. The van der Waals surface area contributed by atoms with Crippen molar-refractivity contribution in [3.63, 3.8) is 0 Å². The molecule has 7 nitrogen and oxygen atoms in total. The molecule has 0 heterocycles. The summed E-state index contributed by atoms with van der Waals surface area (Å²) in [7, 11) is -4.01. The number of amides is 2. The van der Waals surface area contributed by atoms with Crippen molar-refractivity contribution in [2.24, 2.45) is 5.92 Å². The zero-order valence-electron chi connectivity index (χ0n) is 14.0. The Balaban J connectivity index is 1.80. The Hall–Kier alpha value is -1.81. The molecule has 2 amide bonds. The maximum absolute atomic E-state index is 12.5. The van der Waals surface area contributed by atoms with E-state index in [4.69, 9.17) is 11.6 Å². The minimum Gasteiger partial charge on any atom is -0.504 e. The quantitative estimate of drug-likeness (QED) is 0.472. The number of carbonyl (C=O) groups excluding carboxylic acids is 1. The topological polar surface area (TPSA) is 108 Å². The van der Waals surface area contributed by atoms with Gasteiger partial charge >= 0.3 is 6.03 Å². The van der Waals surface area contributed by atoms with Crippen LogP contribution < -0.4 is 15.4 Å². The molecule has 0 aromatic heterocycles. The van der Waals surface area contributed by atoms with E-state index < -0.39 is 26.7 Å². The van der Waals surface area contributed by atoms with Gasteiger partial charge in [0.25, 0.3) is 0 Å². The Morgan fingerprint density at radius 3 is 2.48 bits per heavy atom. The molecule has 10 heteroatoms. The van der Waals surface area contributed by atoms with Crippen LogP contribution >= 0.6 is 27.5 Å². The number of nitrogens with one attached hydrogen (secondary N) is 3. The number of aromatic hydroxyl groups is 1. The minimum absolute atomic E-state index is 0.0734. The van der Waals surface area contributed by atoms with Crippen molar-refractivity contribution in [1.29, 1.82) is 0 Å². The van der Waals surface area contributed by atoms with Gasteiger partial charge in [-0.15, -0.1) is 0 Å². The molecule has 3 rings (SSSR count). The number of sulfonamides is 1. The lowest BCUT2D eigenvalue weighted by atomic mass is 10.3. The summed E-state index contributed by atoms with van der Waals surface area (Å²) in [5, 5.41) is 15.3. The Kier molecular flexibility index (Phi) is 5.95. The highest BCUT2D eigenvalue weighted by Gasteiger charge is 2.28. The smallest absolute Gasteiger partial charge is 0.323 e. The van der Waals surface area contributed by atoms with E-state index in [1.165, 1.54) is 12.1 Å². The van der Waals surface area contributed by atoms with Crippen LogP contribution in [0, 0.1) is 5.92 Å². The molecule has 1 saturated carbocycles. The van der Waals surface area contributed by atoms with Crippen LogP contribution in [-0.2, 0) is 10.0 Å². The largest absolute Gasteiger partial charge is 0.504 e. The standard InChI is InChI=1S/C17H17BrClN3O4S/c18-11-3-1-2-4-13(11)21-17(24)22-14-8-7-12(19)16(15(14)23)27(25,26)20-9-10-5-6-10/h1-4,7-8,10,20,23H,5-6,9H2,(H2,21,22,24). The fourth-order valence-corrected chi connectivity index (χ4v) is 4.49. The van der Waals surface area contributed by atoms with Crippen molar-refractivity contribution in [2.75, 3.05) is 17.2 Å². The minimum atomic E-state index is -4.01. The molecule has 2 aromatic rings. The number of hydrogen-bond donors (Lipinski definition) is 4. The monoisotopic (exact) mass is 473 g/mol. The van der Waals surface area contributed by atoms with Crippen molar-refractivity contribution in [3.05, 3.63) is 45.9 Å². The van der Waals surface area contributed by atoms with Gasteiger partial charge in [0.15, 0.2) is 5.75 Å². The number of benzene rings is 2. The van der Waals surface area contributed by atoms with Gasteiger partial charge in [0.1, 0.15) is 4.90 Å². The highest BCUT2D eigenvalue weighted by atomic mass is 79.9. The van der Waals surface area contributed by atoms with Gasteiger partial charge in [-0.05, 0) is 59.0 Å². The maximum Gasteiger partial charge on any atom is 0.323 e. The van der Waals surface area contributed by atoms with Gasteiger partial charge in [0.05, 0.1) is 16.4 Å². The highest BCUT2D eigenvalue weighted by Crippen LogP contribution is 2.37. The molecular formula is C17H17BrClN3O4S. The summed E-state index contributed by atoms with van der Waals surface area (Å²) in [5.74, 6) is -0.301. The summed E-state index contributed by atoms with van der Waals surface area (Å²) in [5.41, 5.74) is 0.443. The zero-order chi connectivity index (χ0) is 19.6.